The van der Waals surface area contributed by atoms with Crippen LogP contribution >= 0.6 is 0 Å². The van der Waals surface area contributed by atoms with Crippen LogP contribution in [-0.2, 0) is 9.53 Å². The van der Waals surface area contributed by atoms with Crippen molar-refractivity contribution in [2.24, 2.45) is 0 Å². The number of nitrogens with one attached hydrogen (secondary N) is 1. The number of carbonyl (C=O) groups is 2. The van der Waals surface area contributed by atoms with Crippen molar-refractivity contribution >= 4 is 28.9 Å². The van der Waals surface area contributed by atoms with Gasteiger partial charge in [-0.1, -0.05) is 6.07 Å². The second-order valence-corrected chi connectivity index (χ2v) is 8.80. The maximum Gasteiger partial charge on any atom is 0.415 e. The minimum Gasteiger partial charge on any atom is -0.455 e. The van der Waals surface area contributed by atoms with E-state index in [4.69, 9.17) is 14.5 Å². The van der Waals surface area contributed by atoms with Crippen molar-refractivity contribution in [2.75, 3.05) is 24.6 Å². The number of aromatic amines is 1. The van der Waals surface area contributed by atoms with Gasteiger partial charge in [-0.15, -0.1) is 0 Å². The summed E-state index contributed by atoms with van der Waals surface area (Å²) in [7, 11) is 0. The van der Waals surface area contributed by atoms with Gasteiger partial charge in [-0.2, -0.15) is 0 Å². The van der Waals surface area contributed by atoms with Gasteiger partial charge in [0.15, 0.2) is 5.82 Å². The smallest absolute Gasteiger partial charge is 0.415 e. The summed E-state index contributed by atoms with van der Waals surface area (Å²) in [5.74, 6) is 2.32. The molecule has 2 saturated heterocycles. The number of hydrogen-bond acceptors (Lipinski definition) is 7. The van der Waals surface area contributed by atoms with Crippen molar-refractivity contribution in [1.82, 2.24) is 24.8 Å². The summed E-state index contributed by atoms with van der Waals surface area (Å²) in [6.45, 7) is 3.12. The lowest BCUT2D eigenvalue weighted by Crippen LogP contribution is -2.28. The van der Waals surface area contributed by atoms with E-state index in [1.165, 1.54) is 4.90 Å². The van der Waals surface area contributed by atoms with Gasteiger partial charge >= 0.3 is 6.09 Å². The second kappa shape index (κ2) is 8.95. The first-order chi connectivity index (χ1) is 17.6. The third kappa shape index (κ3) is 4.00. The lowest BCUT2D eigenvalue weighted by molar-refractivity contribution is -0.129. The molecule has 36 heavy (non-hydrogen) atoms. The molecule has 2 fully saturated rings. The molecule has 1 unspecified atom stereocenters. The number of ether oxygens (including phenoxy) is 2. The average molecular weight is 485 g/mol. The zero-order valence-corrected chi connectivity index (χ0v) is 19.7. The van der Waals surface area contributed by atoms with Gasteiger partial charge in [0.05, 0.1) is 29.8 Å². The molecule has 4 aromatic rings. The third-order valence-electron chi connectivity index (χ3n) is 6.52. The zero-order valence-electron chi connectivity index (χ0n) is 19.7. The van der Waals surface area contributed by atoms with Crippen molar-refractivity contribution < 1.29 is 19.1 Å². The predicted molar refractivity (Wildman–Crippen MR) is 132 cm³/mol. The lowest BCUT2D eigenvalue weighted by Gasteiger charge is -2.25. The van der Waals surface area contributed by atoms with Crippen molar-refractivity contribution in [3.05, 3.63) is 60.4 Å². The number of amides is 2. The Hall–Kier alpha value is -4.47. The number of carbonyl (C=O) groups excluding carboxylic acids is 2. The maximum absolute atomic E-state index is 12.3. The molecule has 0 bridgehead atoms. The predicted octanol–water partition coefficient (Wildman–Crippen LogP) is 4.45. The highest BCUT2D eigenvalue weighted by Crippen LogP contribution is 2.41. The van der Waals surface area contributed by atoms with Crippen molar-refractivity contribution in [2.45, 2.75) is 25.8 Å². The van der Waals surface area contributed by atoms with Gasteiger partial charge in [-0.05, 0) is 43.2 Å². The summed E-state index contributed by atoms with van der Waals surface area (Å²) in [5, 5.41) is 0. The molecular weight excluding hydrogens is 460 g/mol. The van der Waals surface area contributed by atoms with E-state index in [2.05, 4.69) is 15.0 Å². The minimum atomic E-state index is -0.406. The number of anilines is 1. The second-order valence-electron chi connectivity index (χ2n) is 8.80. The molecule has 10 nitrogen and oxygen atoms in total. The van der Waals surface area contributed by atoms with Crippen LogP contribution in [0.25, 0.3) is 22.6 Å². The Morgan fingerprint density at radius 2 is 2.08 bits per heavy atom. The maximum atomic E-state index is 12.3. The van der Waals surface area contributed by atoms with Crippen LogP contribution in [0.4, 0.5) is 10.6 Å². The third-order valence-corrected chi connectivity index (χ3v) is 6.52. The first kappa shape index (κ1) is 22.0. The van der Waals surface area contributed by atoms with Gasteiger partial charge in [-0.3, -0.25) is 14.7 Å². The fourth-order valence-corrected chi connectivity index (χ4v) is 4.82. The first-order valence-electron chi connectivity index (χ1n) is 11.9. The molecule has 0 radical (unpaired) electrons. The van der Waals surface area contributed by atoms with Gasteiger partial charge in [0.25, 0.3) is 0 Å². The van der Waals surface area contributed by atoms with Crippen molar-refractivity contribution in [3.63, 3.8) is 0 Å². The van der Waals surface area contributed by atoms with E-state index in [9.17, 15) is 9.59 Å². The molecule has 1 atom stereocenters. The summed E-state index contributed by atoms with van der Waals surface area (Å²) in [4.78, 5) is 44.4. The topological polar surface area (TPSA) is 114 Å². The molecular formula is C26H24N6O4. The van der Waals surface area contributed by atoms with Crippen LogP contribution in [0.5, 0.6) is 11.5 Å². The van der Waals surface area contributed by atoms with E-state index < -0.39 is 6.09 Å². The minimum absolute atomic E-state index is 0.0332. The highest BCUT2D eigenvalue weighted by Gasteiger charge is 2.31. The number of rotatable bonds is 5. The van der Waals surface area contributed by atoms with Crippen LogP contribution in [0, 0.1) is 0 Å². The molecule has 5 heterocycles. The van der Waals surface area contributed by atoms with Crippen LogP contribution in [0.3, 0.4) is 0 Å². The Balaban J connectivity index is 1.38. The van der Waals surface area contributed by atoms with Crippen molar-refractivity contribution in [3.8, 4) is 23.0 Å². The molecule has 182 valence electrons. The molecule has 0 saturated carbocycles. The van der Waals surface area contributed by atoms with E-state index in [0.717, 1.165) is 35.1 Å². The number of aromatic nitrogens is 4. The number of nitrogens with zero attached hydrogens (tertiary/aromatic N) is 5. The van der Waals surface area contributed by atoms with E-state index in [1.54, 1.807) is 31.5 Å². The van der Waals surface area contributed by atoms with E-state index in [0.29, 0.717) is 42.8 Å². The van der Waals surface area contributed by atoms with Crippen LogP contribution in [-0.4, -0.2) is 56.5 Å². The van der Waals surface area contributed by atoms with Gasteiger partial charge in [0.2, 0.25) is 5.91 Å². The van der Waals surface area contributed by atoms with Gasteiger partial charge in [-0.25, -0.2) is 14.8 Å². The number of fused-ring (bicyclic) bond motifs is 1. The van der Waals surface area contributed by atoms with E-state index >= 15 is 0 Å². The quantitative estimate of drug-likeness (QED) is 0.445. The normalized spacial score (nSPS) is 17.6. The number of hydrogen-bond donors (Lipinski definition) is 1. The van der Waals surface area contributed by atoms with Crippen LogP contribution < -0.4 is 9.64 Å². The molecule has 0 spiro atoms. The highest BCUT2D eigenvalue weighted by atomic mass is 16.6. The fourth-order valence-electron chi connectivity index (χ4n) is 4.82. The molecule has 3 aromatic heterocycles. The number of pyridine rings is 2. The lowest BCUT2D eigenvalue weighted by atomic mass is 10.0. The summed E-state index contributed by atoms with van der Waals surface area (Å²) < 4.78 is 11.3. The monoisotopic (exact) mass is 484 g/mol. The number of H-pyrrole nitrogens is 1. The molecule has 2 aliphatic heterocycles. The largest absolute Gasteiger partial charge is 0.455 e. The standard InChI is InChI=1S/C26H24N6O4/c1-16(33)31-10-4-6-22(31)18-13-20-21(30-25(29-20)19-5-2-3-9-27-19)14-23(18)36-17-7-8-24(28-15-17)32-11-12-35-26(32)34/h2-3,5,7-9,13-15,22H,4,6,10-12H2,1H3,(H,29,30). The Bertz CT molecular complexity index is 1440. The molecule has 6 rings (SSSR count). The fraction of sp³-hybridized carbons (Fsp3) is 0.269. The Morgan fingerprint density at radius 3 is 2.81 bits per heavy atom. The molecule has 2 aliphatic rings. The van der Waals surface area contributed by atoms with Gasteiger partial charge < -0.3 is 19.4 Å². The number of imidazole rings is 1. The Morgan fingerprint density at radius 1 is 1.17 bits per heavy atom. The van der Waals surface area contributed by atoms with Crippen LogP contribution in [0.15, 0.2) is 54.9 Å². The first-order valence-corrected chi connectivity index (χ1v) is 11.9. The molecule has 10 heteroatoms. The average Bonchev–Trinajstić information content (AvgIpc) is 3.64. The summed E-state index contributed by atoms with van der Waals surface area (Å²) in [6, 6.07) is 13.0. The molecule has 1 N–H and O–H groups in total. The number of benzene rings is 1. The van der Waals surface area contributed by atoms with Crippen molar-refractivity contribution in [1.29, 1.82) is 0 Å². The number of likely N-dealkylation sites (tertiary alicyclic amines) is 1. The summed E-state index contributed by atoms with van der Waals surface area (Å²) >= 11 is 0. The zero-order chi connectivity index (χ0) is 24.6. The van der Waals surface area contributed by atoms with Gasteiger partial charge in [0, 0.05) is 31.3 Å². The molecule has 0 aliphatic carbocycles. The van der Waals surface area contributed by atoms with Crippen LogP contribution in [0.1, 0.15) is 31.4 Å². The molecule has 1 aromatic carbocycles. The van der Waals surface area contributed by atoms with E-state index in [1.807, 2.05) is 35.2 Å². The number of cyclic esters (lactones) is 1. The summed E-state index contributed by atoms with van der Waals surface area (Å²) in [6.07, 6.45) is 4.67. The molecule has 2 amide bonds. The SMILES string of the molecule is CC(=O)N1CCCC1c1cc2[nH]c(-c3ccccn3)nc2cc1Oc1ccc(N2CCOC2=O)nc1. The Kier molecular flexibility index (Phi) is 5.48. The van der Waals surface area contributed by atoms with E-state index in [-0.39, 0.29) is 11.9 Å². The Labute approximate surface area is 206 Å². The van der Waals surface area contributed by atoms with Gasteiger partial charge in [0.1, 0.15) is 29.6 Å². The van der Waals surface area contributed by atoms with Crippen LogP contribution in [0.2, 0.25) is 0 Å². The highest BCUT2D eigenvalue weighted by molar-refractivity contribution is 5.88. The summed E-state index contributed by atoms with van der Waals surface area (Å²) in [5.41, 5.74) is 3.21.